The van der Waals surface area contributed by atoms with Crippen LogP contribution in [0, 0.1) is 17.0 Å². The first kappa shape index (κ1) is 28.5. The highest BCUT2D eigenvalue weighted by atomic mass is 32.2. The maximum atomic E-state index is 14.7. The Hall–Kier alpha value is -4.02. The highest BCUT2D eigenvalue weighted by Crippen LogP contribution is 2.53. The molecule has 2 atom stereocenters. The number of pyridine rings is 1. The van der Waals surface area contributed by atoms with Crippen molar-refractivity contribution >= 4 is 21.9 Å². The minimum Gasteiger partial charge on any atom is -0.291 e. The minimum absolute atomic E-state index is 0.0568. The summed E-state index contributed by atoms with van der Waals surface area (Å²) in [5.41, 5.74) is 3.86. The van der Waals surface area contributed by atoms with Gasteiger partial charge in [0.15, 0.2) is 5.78 Å². The van der Waals surface area contributed by atoms with Crippen LogP contribution < -0.4 is 0 Å². The number of carbonyl (C=O) groups excluding carboxylic acids is 1. The van der Waals surface area contributed by atoms with Crippen LogP contribution in [0.5, 0.6) is 0 Å². The SMILES string of the molecule is O=C(c1ccc(C2CC2)cn1)[C@]12Cc3cnn(-c4ccc(F)cc4)c3C=C1CC[C@H](N(C1CC1)S(=O)(=O)c1ccc(F)cc1)C2. The monoisotopic (exact) mass is 626 g/mol. The topological polar surface area (TPSA) is 85.2 Å². The van der Waals surface area contributed by atoms with E-state index < -0.39 is 27.3 Å². The molecule has 4 aromatic rings. The second kappa shape index (κ2) is 10.5. The summed E-state index contributed by atoms with van der Waals surface area (Å²) in [7, 11) is -3.94. The Morgan fingerprint density at radius 1 is 0.867 bits per heavy atom. The Bertz CT molecular complexity index is 1930. The summed E-state index contributed by atoms with van der Waals surface area (Å²) in [5, 5.41) is 4.62. The average molecular weight is 627 g/mol. The molecule has 7 nitrogen and oxygen atoms in total. The molecular formula is C35H32F2N4O3S. The van der Waals surface area contributed by atoms with Crippen LogP contribution in [0.2, 0.25) is 0 Å². The minimum atomic E-state index is -3.94. The Morgan fingerprint density at radius 3 is 2.22 bits per heavy atom. The van der Waals surface area contributed by atoms with E-state index in [2.05, 4.69) is 10.1 Å². The lowest BCUT2D eigenvalue weighted by Gasteiger charge is -2.46. The van der Waals surface area contributed by atoms with Crippen molar-refractivity contribution in [3.05, 3.63) is 113 Å². The summed E-state index contributed by atoms with van der Waals surface area (Å²) >= 11 is 0. The lowest BCUT2D eigenvalue weighted by atomic mass is 9.60. The van der Waals surface area contributed by atoms with Crippen LogP contribution in [0.3, 0.4) is 0 Å². The van der Waals surface area contributed by atoms with Crippen molar-refractivity contribution in [3.8, 4) is 5.69 Å². The van der Waals surface area contributed by atoms with Crippen LogP contribution in [0.25, 0.3) is 11.8 Å². The maximum Gasteiger partial charge on any atom is 0.243 e. The zero-order valence-electron chi connectivity index (χ0n) is 24.6. The molecule has 3 saturated carbocycles. The fourth-order valence-electron chi connectivity index (χ4n) is 7.28. The number of rotatable bonds is 8. The summed E-state index contributed by atoms with van der Waals surface area (Å²) in [6, 6.07) is 14.3. The van der Waals surface area contributed by atoms with Gasteiger partial charge in [-0.3, -0.25) is 9.78 Å². The zero-order chi connectivity index (χ0) is 30.9. The molecule has 10 heteroatoms. The average Bonchev–Trinajstić information content (AvgIpc) is 3.99. The number of nitrogens with zero attached hydrogens (tertiary/aromatic N) is 4. The molecule has 0 bridgehead atoms. The van der Waals surface area contributed by atoms with Gasteiger partial charge in [-0.05, 0) is 129 Å². The van der Waals surface area contributed by atoms with E-state index >= 15 is 0 Å². The van der Waals surface area contributed by atoms with Crippen LogP contribution in [0.4, 0.5) is 8.78 Å². The molecule has 0 unspecified atom stereocenters. The molecule has 3 fully saturated rings. The molecular weight excluding hydrogens is 594 g/mol. The van der Waals surface area contributed by atoms with Crippen molar-refractivity contribution in [2.24, 2.45) is 5.41 Å². The van der Waals surface area contributed by atoms with Crippen molar-refractivity contribution in [1.29, 1.82) is 0 Å². The molecule has 0 aliphatic heterocycles. The largest absolute Gasteiger partial charge is 0.291 e. The number of hydrogen-bond donors (Lipinski definition) is 0. The number of fused-ring (bicyclic) bond motifs is 2. The third kappa shape index (κ3) is 4.95. The second-order valence-corrected chi connectivity index (χ2v) is 14.7. The highest BCUT2D eigenvalue weighted by molar-refractivity contribution is 7.89. The number of ketones is 1. The van der Waals surface area contributed by atoms with Crippen LogP contribution in [-0.2, 0) is 16.4 Å². The molecule has 45 heavy (non-hydrogen) atoms. The summed E-state index contributed by atoms with van der Waals surface area (Å²) in [4.78, 5) is 19.4. The van der Waals surface area contributed by atoms with E-state index in [1.165, 1.54) is 36.4 Å². The molecule has 2 heterocycles. The van der Waals surface area contributed by atoms with Gasteiger partial charge in [0.05, 0.1) is 27.9 Å². The Morgan fingerprint density at radius 2 is 1.58 bits per heavy atom. The third-order valence-electron chi connectivity index (χ3n) is 9.86. The predicted molar refractivity (Wildman–Crippen MR) is 164 cm³/mol. The van der Waals surface area contributed by atoms with Gasteiger partial charge < -0.3 is 0 Å². The van der Waals surface area contributed by atoms with Crippen molar-refractivity contribution in [2.75, 3.05) is 0 Å². The lowest BCUT2D eigenvalue weighted by molar-refractivity contribution is 0.0733. The van der Waals surface area contributed by atoms with E-state index in [-0.39, 0.29) is 22.5 Å². The molecule has 2 aromatic heterocycles. The second-order valence-electron chi connectivity index (χ2n) is 12.9. The normalized spacial score (nSPS) is 22.9. The Balaban J connectivity index is 1.20. The number of aromatic nitrogens is 3. The van der Waals surface area contributed by atoms with Crippen molar-refractivity contribution < 1.29 is 22.0 Å². The van der Waals surface area contributed by atoms with Crippen LogP contribution in [0.1, 0.15) is 78.2 Å². The van der Waals surface area contributed by atoms with Crippen molar-refractivity contribution in [2.45, 2.75) is 74.3 Å². The summed E-state index contributed by atoms with van der Waals surface area (Å²) in [6.45, 7) is 0. The van der Waals surface area contributed by atoms with Gasteiger partial charge in [0.2, 0.25) is 10.0 Å². The fourth-order valence-corrected chi connectivity index (χ4v) is 9.18. The molecule has 4 aliphatic rings. The van der Waals surface area contributed by atoms with Crippen molar-refractivity contribution in [1.82, 2.24) is 19.1 Å². The quantitative estimate of drug-likeness (QED) is 0.205. The Kier molecular flexibility index (Phi) is 6.65. The van der Waals surface area contributed by atoms with Crippen molar-refractivity contribution in [3.63, 3.8) is 0 Å². The highest BCUT2D eigenvalue weighted by Gasteiger charge is 2.53. The third-order valence-corrected chi connectivity index (χ3v) is 11.9. The van der Waals surface area contributed by atoms with Crippen LogP contribution in [0.15, 0.2) is 83.5 Å². The number of hydrogen-bond acceptors (Lipinski definition) is 5. The molecule has 2 aromatic carbocycles. The van der Waals surface area contributed by atoms with E-state index in [1.807, 2.05) is 24.4 Å². The van der Waals surface area contributed by atoms with Gasteiger partial charge in [0.25, 0.3) is 0 Å². The molecule has 0 radical (unpaired) electrons. The van der Waals surface area contributed by atoms with Gasteiger partial charge in [-0.15, -0.1) is 0 Å². The fraction of sp³-hybridized carbons (Fsp3) is 0.343. The first-order chi connectivity index (χ1) is 21.7. The summed E-state index contributed by atoms with van der Waals surface area (Å²) in [6.07, 6.45) is 11.1. The smallest absolute Gasteiger partial charge is 0.243 e. The molecule has 8 rings (SSSR count). The molecule has 0 spiro atoms. The first-order valence-electron chi connectivity index (χ1n) is 15.6. The molecule has 4 aliphatic carbocycles. The van der Waals surface area contributed by atoms with Gasteiger partial charge in [-0.2, -0.15) is 9.40 Å². The zero-order valence-corrected chi connectivity index (χ0v) is 25.4. The number of sulfonamides is 1. The van der Waals surface area contributed by atoms with E-state index in [0.29, 0.717) is 43.0 Å². The molecule has 0 amide bonds. The molecule has 230 valence electrons. The maximum absolute atomic E-state index is 14.7. The number of allylic oxidation sites excluding steroid dienone is 1. The summed E-state index contributed by atoms with van der Waals surface area (Å²) in [5.74, 6) is -0.441. The van der Waals surface area contributed by atoms with Crippen LogP contribution in [-0.4, -0.2) is 45.4 Å². The van der Waals surface area contributed by atoms with Gasteiger partial charge in [0.1, 0.15) is 17.3 Å². The summed E-state index contributed by atoms with van der Waals surface area (Å²) < 4.78 is 58.9. The van der Waals surface area contributed by atoms with E-state index in [0.717, 1.165) is 48.1 Å². The predicted octanol–water partition coefficient (Wildman–Crippen LogP) is 6.64. The standard InChI is InChI=1S/C35H32F2N4O3S/c36-26-5-10-28(11-6-26)40-33-17-25-4-9-30(41(29-12-13-29)45(43,44)31-14-7-27(37)8-15-31)19-35(25,18-24(33)21-39-40)34(42)32-16-3-23(20-38-32)22-1-2-22/h3,5-8,10-11,14-17,20-22,29-30H,1-2,4,9,12-13,18-19H2/t30-,35-/m0/s1. The number of benzene rings is 2. The number of halogens is 2. The molecule has 0 saturated heterocycles. The number of Topliss-reactive ketones (excluding diaryl/α,β-unsaturated/α-hetero) is 1. The van der Waals surface area contributed by atoms with Gasteiger partial charge in [-0.1, -0.05) is 11.6 Å². The Labute approximate surface area is 260 Å². The van der Waals surface area contributed by atoms with Gasteiger partial charge >= 0.3 is 0 Å². The molecule has 0 N–H and O–H groups in total. The number of carbonyl (C=O) groups is 1. The van der Waals surface area contributed by atoms with E-state index in [9.17, 15) is 22.0 Å². The van der Waals surface area contributed by atoms with E-state index in [1.54, 1.807) is 27.3 Å². The van der Waals surface area contributed by atoms with Crippen LogP contribution >= 0.6 is 0 Å². The first-order valence-corrected chi connectivity index (χ1v) is 17.0. The van der Waals surface area contributed by atoms with E-state index in [4.69, 9.17) is 0 Å². The lowest BCUT2D eigenvalue weighted by Crippen LogP contribution is -2.51. The van der Waals surface area contributed by atoms with Gasteiger partial charge in [0, 0.05) is 18.3 Å². The van der Waals surface area contributed by atoms with Gasteiger partial charge in [-0.25, -0.2) is 21.9 Å².